The van der Waals surface area contributed by atoms with Gasteiger partial charge in [0.1, 0.15) is 5.82 Å². The second kappa shape index (κ2) is 8.99. The number of ether oxygens (including phenoxy) is 1. The Hall–Kier alpha value is -2.41. The predicted octanol–water partition coefficient (Wildman–Crippen LogP) is 2.87. The highest BCUT2D eigenvalue weighted by Gasteiger charge is 2.34. The third kappa shape index (κ3) is 4.86. The number of hydrogen-bond acceptors (Lipinski definition) is 4. The van der Waals surface area contributed by atoms with Gasteiger partial charge in [-0.25, -0.2) is 14.0 Å². The van der Waals surface area contributed by atoms with E-state index >= 15 is 0 Å². The van der Waals surface area contributed by atoms with E-state index in [0.29, 0.717) is 23.4 Å². The Labute approximate surface area is 158 Å². The number of hydrogen-bond donors (Lipinski definition) is 2. The number of benzene rings is 1. The number of nitrogens with zero attached hydrogens (tertiary/aromatic N) is 1. The number of rotatable bonds is 5. The highest BCUT2D eigenvalue weighted by atomic mass is 19.1. The third-order valence-electron chi connectivity index (χ3n) is 4.91. The lowest BCUT2D eigenvalue weighted by atomic mass is 9.95. The van der Waals surface area contributed by atoms with Gasteiger partial charge in [0.15, 0.2) is 0 Å². The standard InChI is InChI=1S/C20H26FN3O3/c1-2-27-19(25)17-16(13-24-10-5-3-4-6-11-24)22-20(26)23-18(17)14-8-7-9-15(21)12-14/h7-9,12,18H,2-6,10-11,13H2,1H3,(H2,22,23,26)/t18-/m1/s1. The first-order valence-electron chi connectivity index (χ1n) is 9.54. The molecule has 146 valence electrons. The summed E-state index contributed by atoms with van der Waals surface area (Å²) >= 11 is 0. The van der Waals surface area contributed by atoms with Crippen molar-refractivity contribution < 1.29 is 18.7 Å². The first-order chi connectivity index (χ1) is 13.1. The van der Waals surface area contributed by atoms with Crippen LogP contribution in [0.4, 0.5) is 9.18 Å². The van der Waals surface area contributed by atoms with Crippen molar-refractivity contribution in [2.24, 2.45) is 0 Å². The van der Waals surface area contributed by atoms with Crippen LogP contribution in [-0.2, 0) is 9.53 Å². The number of amides is 2. The molecular weight excluding hydrogens is 349 g/mol. The predicted molar refractivity (Wildman–Crippen MR) is 99.4 cm³/mol. The maximum Gasteiger partial charge on any atom is 0.338 e. The lowest BCUT2D eigenvalue weighted by molar-refractivity contribution is -0.139. The van der Waals surface area contributed by atoms with Crippen LogP contribution in [0.2, 0.25) is 0 Å². The summed E-state index contributed by atoms with van der Waals surface area (Å²) in [5.74, 6) is -0.915. The van der Waals surface area contributed by atoms with Gasteiger partial charge in [-0.2, -0.15) is 0 Å². The van der Waals surface area contributed by atoms with Crippen molar-refractivity contribution in [3.63, 3.8) is 0 Å². The van der Waals surface area contributed by atoms with Crippen LogP contribution in [0.15, 0.2) is 35.5 Å². The van der Waals surface area contributed by atoms with Crippen LogP contribution >= 0.6 is 0 Å². The minimum Gasteiger partial charge on any atom is -0.463 e. The molecule has 1 atom stereocenters. The summed E-state index contributed by atoms with van der Waals surface area (Å²) in [4.78, 5) is 27.2. The number of likely N-dealkylation sites (tertiary alicyclic amines) is 1. The zero-order chi connectivity index (χ0) is 19.2. The van der Waals surface area contributed by atoms with Gasteiger partial charge in [0.05, 0.1) is 18.2 Å². The molecule has 1 saturated heterocycles. The van der Waals surface area contributed by atoms with E-state index in [0.717, 1.165) is 25.9 Å². The van der Waals surface area contributed by atoms with E-state index in [1.807, 2.05) is 0 Å². The SMILES string of the molecule is CCOC(=O)C1=C(CN2CCCCCC2)NC(=O)N[C@@H]1c1cccc(F)c1. The van der Waals surface area contributed by atoms with E-state index in [1.54, 1.807) is 19.1 Å². The topological polar surface area (TPSA) is 70.7 Å². The summed E-state index contributed by atoms with van der Waals surface area (Å²) in [5.41, 5.74) is 1.39. The highest BCUT2D eigenvalue weighted by molar-refractivity contribution is 5.95. The monoisotopic (exact) mass is 375 g/mol. The number of nitrogens with one attached hydrogen (secondary N) is 2. The van der Waals surface area contributed by atoms with Gasteiger partial charge in [-0.3, -0.25) is 4.90 Å². The minimum atomic E-state index is -0.740. The van der Waals surface area contributed by atoms with Gasteiger partial charge in [-0.05, 0) is 50.6 Å². The highest BCUT2D eigenvalue weighted by Crippen LogP contribution is 2.29. The second-order valence-electron chi connectivity index (χ2n) is 6.89. The van der Waals surface area contributed by atoms with E-state index in [-0.39, 0.29) is 6.61 Å². The van der Waals surface area contributed by atoms with Crippen LogP contribution in [0.3, 0.4) is 0 Å². The molecule has 7 heteroatoms. The molecule has 0 spiro atoms. The maximum atomic E-state index is 13.7. The molecule has 1 fully saturated rings. The van der Waals surface area contributed by atoms with Crippen molar-refractivity contribution in [3.8, 4) is 0 Å². The molecule has 0 radical (unpaired) electrons. The smallest absolute Gasteiger partial charge is 0.338 e. The molecule has 6 nitrogen and oxygen atoms in total. The van der Waals surface area contributed by atoms with Gasteiger partial charge in [0.2, 0.25) is 0 Å². The molecule has 0 aromatic heterocycles. The lowest BCUT2D eigenvalue weighted by Gasteiger charge is -2.31. The minimum absolute atomic E-state index is 0.225. The first-order valence-corrected chi connectivity index (χ1v) is 9.54. The van der Waals surface area contributed by atoms with Crippen molar-refractivity contribution >= 4 is 12.0 Å². The van der Waals surface area contributed by atoms with Gasteiger partial charge in [-0.15, -0.1) is 0 Å². The molecule has 1 aromatic rings. The quantitative estimate of drug-likeness (QED) is 0.777. The fourth-order valence-corrected chi connectivity index (χ4v) is 3.65. The van der Waals surface area contributed by atoms with Crippen LogP contribution in [0.1, 0.15) is 44.2 Å². The average molecular weight is 375 g/mol. The Kier molecular flexibility index (Phi) is 6.45. The lowest BCUT2D eigenvalue weighted by Crippen LogP contribution is -2.48. The van der Waals surface area contributed by atoms with E-state index in [1.165, 1.54) is 25.0 Å². The fraction of sp³-hybridized carbons (Fsp3) is 0.500. The molecule has 0 aliphatic carbocycles. The number of carbonyl (C=O) groups is 2. The van der Waals surface area contributed by atoms with Gasteiger partial charge < -0.3 is 15.4 Å². The van der Waals surface area contributed by atoms with E-state index < -0.39 is 23.9 Å². The van der Waals surface area contributed by atoms with E-state index in [4.69, 9.17) is 4.74 Å². The van der Waals surface area contributed by atoms with Crippen LogP contribution in [0.25, 0.3) is 0 Å². The fourth-order valence-electron chi connectivity index (χ4n) is 3.65. The van der Waals surface area contributed by atoms with Gasteiger partial charge >= 0.3 is 12.0 Å². The van der Waals surface area contributed by atoms with Crippen LogP contribution in [0.5, 0.6) is 0 Å². The Morgan fingerprint density at radius 2 is 2.00 bits per heavy atom. The average Bonchev–Trinajstić information content (AvgIpc) is 2.90. The summed E-state index contributed by atoms with van der Waals surface area (Å²) < 4.78 is 19.0. The number of halogens is 1. The van der Waals surface area contributed by atoms with E-state index in [9.17, 15) is 14.0 Å². The second-order valence-corrected chi connectivity index (χ2v) is 6.89. The molecular formula is C20H26FN3O3. The third-order valence-corrected chi connectivity index (χ3v) is 4.91. The summed E-state index contributed by atoms with van der Waals surface area (Å²) in [7, 11) is 0. The summed E-state index contributed by atoms with van der Waals surface area (Å²) in [6.07, 6.45) is 4.59. The Morgan fingerprint density at radius 1 is 1.26 bits per heavy atom. The molecule has 2 amide bonds. The molecule has 2 heterocycles. The molecule has 0 unspecified atom stereocenters. The number of carbonyl (C=O) groups excluding carboxylic acids is 2. The molecule has 2 N–H and O–H groups in total. The Bertz CT molecular complexity index is 727. The maximum absolute atomic E-state index is 13.7. The number of urea groups is 1. The van der Waals surface area contributed by atoms with Crippen molar-refractivity contribution in [1.29, 1.82) is 0 Å². The van der Waals surface area contributed by atoms with Crippen molar-refractivity contribution in [1.82, 2.24) is 15.5 Å². The zero-order valence-corrected chi connectivity index (χ0v) is 15.6. The van der Waals surface area contributed by atoms with Crippen molar-refractivity contribution in [3.05, 3.63) is 46.9 Å². The zero-order valence-electron chi connectivity index (χ0n) is 15.6. The van der Waals surface area contributed by atoms with Crippen molar-refractivity contribution in [2.75, 3.05) is 26.2 Å². The summed E-state index contributed by atoms with van der Waals surface area (Å²) in [5, 5.41) is 5.52. The Balaban J connectivity index is 1.97. The van der Waals surface area contributed by atoms with Crippen molar-refractivity contribution in [2.45, 2.75) is 38.6 Å². The summed E-state index contributed by atoms with van der Waals surface area (Å²) in [6.45, 7) is 4.27. The molecule has 27 heavy (non-hydrogen) atoms. The molecule has 2 aliphatic rings. The van der Waals surface area contributed by atoms with Gasteiger partial charge in [-0.1, -0.05) is 25.0 Å². The summed E-state index contributed by atoms with van der Waals surface area (Å²) in [6, 6.07) is 4.79. The largest absolute Gasteiger partial charge is 0.463 e. The molecule has 0 saturated carbocycles. The molecule has 2 aliphatic heterocycles. The first kappa shape index (κ1) is 19.4. The molecule has 1 aromatic carbocycles. The number of esters is 1. The van der Waals surface area contributed by atoms with Crippen LogP contribution in [0, 0.1) is 5.82 Å². The normalized spacial score (nSPS) is 21.3. The van der Waals surface area contributed by atoms with Crippen LogP contribution < -0.4 is 10.6 Å². The molecule has 0 bridgehead atoms. The van der Waals surface area contributed by atoms with Gasteiger partial charge in [0, 0.05) is 12.2 Å². The van der Waals surface area contributed by atoms with Crippen LogP contribution in [-0.4, -0.2) is 43.1 Å². The molecule has 3 rings (SSSR count). The van der Waals surface area contributed by atoms with Gasteiger partial charge in [0.25, 0.3) is 0 Å². The Morgan fingerprint density at radius 3 is 2.67 bits per heavy atom. The van der Waals surface area contributed by atoms with E-state index in [2.05, 4.69) is 15.5 Å².